The number of aryl methyl sites for hydroxylation is 2. The highest BCUT2D eigenvalue weighted by Gasteiger charge is 2.18. The minimum atomic E-state index is 0.280. The fourth-order valence-corrected chi connectivity index (χ4v) is 3.10. The van der Waals surface area contributed by atoms with E-state index in [0.717, 1.165) is 41.1 Å². The van der Waals surface area contributed by atoms with Crippen LogP contribution in [0.3, 0.4) is 0 Å². The highest BCUT2D eigenvalue weighted by molar-refractivity contribution is 7.13. The number of hydrogen-bond acceptors (Lipinski definition) is 6. The van der Waals surface area contributed by atoms with Crippen molar-refractivity contribution >= 4 is 22.3 Å². The predicted octanol–water partition coefficient (Wildman–Crippen LogP) is 3.11. The minimum Gasteiger partial charge on any atom is -0.316 e. The van der Waals surface area contributed by atoms with E-state index in [-0.39, 0.29) is 6.04 Å². The maximum atomic E-state index is 4.64. The fraction of sp³-hybridized carbons (Fsp3) is 0.500. The van der Waals surface area contributed by atoms with Gasteiger partial charge in [-0.3, -0.25) is 0 Å². The fourth-order valence-electron chi connectivity index (χ4n) is 2.40. The van der Waals surface area contributed by atoms with Crippen molar-refractivity contribution in [3.8, 4) is 0 Å². The standard InChI is InChI=1S/C14H19N5S/c1-9-7-12(19-14-17-10(2)8-20-14)18-13(16-9)11-5-3-4-6-15-11/h7-8,11,15H,3-6H2,1-2H3,(H,16,17,18,19). The van der Waals surface area contributed by atoms with Gasteiger partial charge in [-0.25, -0.2) is 15.0 Å². The molecule has 0 radical (unpaired) electrons. The number of nitrogens with one attached hydrogen (secondary N) is 2. The Morgan fingerprint density at radius 1 is 1.20 bits per heavy atom. The van der Waals surface area contributed by atoms with E-state index in [0.29, 0.717) is 0 Å². The van der Waals surface area contributed by atoms with Gasteiger partial charge in [0.05, 0.1) is 11.7 Å². The van der Waals surface area contributed by atoms with E-state index in [4.69, 9.17) is 0 Å². The maximum Gasteiger partial charge on any atom is 0.188 e. The van der Waals surface area contributed by atoms with Crippen LogP contribution in [0.4, 0.5) is 10.9 Å². The molecule has 3 heterocycles. The number of rotatable bonds is 3. The Kier molecular flexibility index (Phi) is 3.93. The van der Waals surface area contributed by atoms with Crippen molar-refractivity contribution < 1.29 is 0 Å². The first-order valence-corrected chi connectivity index (χ1v) is 7.87. The highest BCUT2D eigenvalue weighted by Crippen LogP contribution is 2.24. The molecule has 0 aromatic carbocycles. The Morgan fingerprint density at radius 3 is 2.80 bits per heavy atom. The molecule has 1 atom stereocenters. The van der Waals surface area contributed by atoms with Crippen molar-refractivity contribution in [1.82, 2.24) is 20.3 Å². The first-order valence-electron chi connectivity index (χ1n) is 6.99. The molecule has 0 aliphatic carbocycles. The molecule has 5 nitrogen and oxygen atoms in total. The normalized spacial score (nSPS) is 19.0. The molecular weight excluding hydrogens is 270 g/mol. The molecule has 3 rings (SSSR count). The summed E-state index contributed by atoms with van der Waals surface area (Å²) in [7, 11) is 0. The van der Waals surface area contributed by atoms with Crippen LogP contribution in [-0.2, 0) is 0 Å². The number of thiazole rings is 1. The Bertz CT molecular complexity index is 589. The zero-order valence-corrected chi connectivity index (χ0v) is 12.6. The lowest BCUT2D eigenvalue weighted by molar-refractivity contribution is 0.397. The van der Waals surface area contributed by atoms with Gasteiger partial charge < -0.3 is 10.6 Å². The summed E-state index contributed by atoms with van der Waals surface area (Å²) in [6.45, 7) is 5.05. The molecule has 1 aliphatic heterocycles. The van der Waals surface area contributed by atoms with E-state index in [1.807, 2.05) is 25.3 Å². The van der Waals surface area contributed by atoms with Crippen LogP contribution in [0, 0.1) is 13.8 Å². The predicted molar refractivity (Wildman–Crippen MR) is 81.5 cm³/mol. The summed E-state index contributed by atoms with van der Waals surface area (Å²) in [5, 5.41) is 9.67. The van der Waals surface area contributed by atoms with E-state index in [1.54, 1.807) is 11.3 Å². The summed E-state index contributed by atoms with van der Waals surface area (Å²) >= 11 is 1.59. The molecule has 0 saturated carbocycles. The molecule has 0 spiro atoms. The van der Waals surface area contributed by atoms with Crippen LogP contribution in [-0.4, -0.2) is 21.5 Å². The number of anilines is 2. The molecule has 0 bridgehead atoms. The van der Waals surface area contributed by atoms with Gasteiger partial charge in [-0.1, -0.05) is 6.42 Å². The molecule has 2 aromatic heterocycles. The molecular formula is C14H19N5S. The highest BCUT2D eigenvalue weighted by atomic mass is 32.1. The van der Waals surface area contributed by atoms with Crippen LogP contribution in [0.15, 0.2) is 11.4 Å². The van der Waals surface area contributed by atoms with Gasteiger partial charge in [0.15, 0.2) is 5.13 Å². The number of nitrogens with zero attached hydrogens (tertiary/aromatic N) is 3. The van der Waals surface area contributed by atoms with E-state index in [9.17, 15) is 0 Å². The molecule has 1 unspecified atom stereocenters. The third-order valence-electron chi connectivity index (χ3n) is 3.35. The molecule has 6 heteroatoms. The summed E-state index contributed by atoms with van der Waals surface area (Å²) in [6.07, 6.45) is 3.59. The average Bonchev–Trinajstić information content (AvgIpc) is 2.84. The largest absolute Gasteiger partial charge is 0.316 e. The van der Waals surface area contributed by atoms with Gasteiger partial charge in [-0.05, 0) is 33.2 Å². The van der Waals surface area contributed by atoms with Crippen LogP contribution in [0.5, 0.6) is 0 Å². The quantitative estimate of drug-likeness (QED) is 0.909. The minimum absolute atomic E-state index is 0.280. The smallest absolute Gasteiger partial charge is 0.188 e. The zero-order valence-electron chi connectivity index (χ0n) is 11.8. The monoisotopic (exact) mass is 289 g/mol. The second-order valence-corrected chi connectivity index (χ2v) is 6.03. The molecule has 0 amide bonds. The van der Waals surface area contributed by atoms with Crippen molar-refractivity contribution in [3.63, 3.8) is 0 Å². The van der Waals surface area contributed by atoms with Crippen LogP contribution < -0.4 is 10.6 Å². The van der Waals surface area contributed by atoms with E-state index >= 15 is 0 Å². The number of piperidine rings is 1. The van der Waals surface area contributed by atoms with Gasteiger partial charge in [0.1, 0.15) is 11.6 Å². The van der Waals surface area contributed by atoms with E-state index in [1.165, 1.54) is 12.8 Å². The van der Waals surface area contributed by atoms with Gasteiger partial charge in [0.2, 0.25) is 0 Å². The molecule has 1 fully saturated rings. The molecule has 106 valence electrons. The lowest BCUT2D eigenvalue weighted by Crippen LogP contribution is -2.28. The van der Waals surface area contributed by atoms with Gasteiger partial charge in [-0.15, -0.1) is 11.3 Å². The third kappa shape index (κ3) is 3.13. The van der Waals surface area contributed by atoms with Gasteiger partial charge in [0.25, 0.3) is 0 Å². The zero-order chi connectivity index (χ0) is 13.9. The second-order valence-electron chi connectivity index (χ2n) is 5.17. The molecule has 1 aliphatic rings. The first-order chi connectivity index (χ1) is 9.70. The van der Waals surface area contributed by atoms with Crippen molar-refractivity contribution in [3.05, 3.63) is 28.7 Å². The summed E-state index contributed by atoms with van der Waals surface area (Å²) in [5.41, 5.74) is 2.01. The van der Waals surface area contributed by atoms with E-state index in [2.05, 4.69) is 25.6 Å². The Morgan fingerprint density at radius 2 is 2.10 bits per heavy atom. The third-order valence-corrected chi connectivity index (χ3v) is 4.22. The lowest BCUT2D eigenvalue weighted by Gasteiger charge is -2.22. The van der Waals surface area contributed by atoms with E-state index < -0.39 is 0 Å². The average molecular weight is 289 g/mol. The lowest BCUT2D eigenvalue weighted by atomic mass is 10.0. The van der Waals surface area contributed by atoms with Crippen LogP contribution in [0.25, 0.3) is 0 Å². The van der Waals surface area contributed by atoms with Gasteiger partial charge >= 0.3 is 0 Å². The Labute approximate surface area is 122 Å². The first kappa shape index (κ1) is 13.5. The number of aromatic nitrogens is 3. The summed E-state index contributed by atoms with van der Waals surface area (Å²) in [4.78, 5) is 13.6. The second kappa shape index (κ2) is 5.85. The van der Waals surface area contributed by atoms with Crippen LogP contribution in [0.2, 0.25) is 0 Å². The molecule has 2 N–H and O–H groups in total. The topological polar surface area (TPSA) is 62.7 Å². The number of hydrogen-bond donors (Lipinski definition) is 2. The van der Waals surface area contributed by atoms with Crippen molar-refractivity contribution in [2.24, 2.45) is 0 Å². The van der Waals surface area contributed by atoms with Gasteiger partial charge in [-0.2, -0.15) is 0 Å². The maximum absolute atomic E-state index is 4.64. The Balaban J connectivity index is 1.82. The molecule has 1 saturated heterocycles. The summed E-state index contributed by atoms with van der Waals surface area (Å²) in [6, 6.07) is 2.24. The van der Waals surface area contributed by atoms with Crippen LogP contribution in [0.1, 0.15) is 42.5 Å². The van der Waals surface area contributed by atoms with Gasteiger partial charge in [0, 0.05) is 17.1 Å². The van der Waals surface area contributed by atoms with Crippen molar-refractivity contribution in [2.75, 3.05) is 11.9 Å². The Hall–Kier alpha value is -1.53. The summed E-state index contributed by atoms with van der Waals surface area (Å²) in [5.74, 6) is 1.72. The molecule has 20 heavy (non-hydrogen) atoms. The van der Waals surface area contributed by atoms with Crippen molar-refractivity contribution in [1.29, 1.82) is 0 Å². The van der Waals surface area contributed by atoms with Crippen molar-refractivity contribution in [2.45, 2.75) is 39.2 Å². The van der Waals surface area contributed by atoms with Crippen LogP contribution >= 0.6 is 11.3 Å². The molecule has 2 aromatic rings. The summed E-state index contributed by atoms with van der Waals surface area (Å²) < 4.78 is 0. The SMILES string of the molecule is Cc1cc(Nc2nc(C)cs2)nc(C2CCCCN2)n1.